The molecule has 0 saturated heterocycles. The second kappa shape index (κ2) is 5.19. The van der Waals surface area contributed by atoms with Gasteiger partial charge in [-0.15, -0.1) is 0 Å². The molecule has 1 aromatic heterocycles. The van der Waals surface area contributed by atoms with Gasteiger partial charge < -0.3 is 0 Å². The average Bonchev–Trinajstić information content (AvgIpc) is 2.47. The van der Waals surface area contributed by atoms with Crippen molar-refractivity contribution in [1.82, 2.24) is 15.1 Å². The summed E-state index contributed by atoms with van der Waals surface area (Å²) in [6.45, 7) is 0.133. The van der Waals surface area contributed by atoms with Gasteiger partial charge >= 0.3 is 5.20 Å². The van der Waals surface area contributed by atoms with Crippen LogP contribution in [0.15, 0.2) is 12.3 Å². The molecule has 1 aliphatic heterocycles. The first-order valence-corrected chi connectivity index (χ1v) is 8.24. The summed E-state index contributed by atoms with van der Waals surface area (Å²) in [5.74, 6) is -0.690. The number of carbonyl (C=O) groups excluding carboxylic acids is 2. The lowest BCUT2D eigenvalue weighted by Gasteiger charge is -2.11. The molecule has 0 bridgehead atoms. The number of imide groups is 1. The zero-order chi connectivity index (χ0) is 12.3. The second-order valence-corrected chi connectivity index (χ2v) is 9.29. The number of halogens is 3. The monoisotopic (exact) mass is 303 g/mol. The Morgan fingerprint density at radius 2 is 1.94 bits per heavy atom. The summed E-state index contributed by atoms with van der Waals surface area (Å²) in [7, 11) is 0. The summed E-state index contributed by atoms with van der Waals surface area (Å²) in [4.78, 5) is 21.7. The summed E-state index contributed by atoms with van der Waals surface area (Å²) in [5.41, 5.74) is 0.435. The lowest BCUT2D eigenvalue weighted by atomic mass is 10.3. The van der Waals surface area contributed by atoms with Crippen molar-refractivity contribution in [2.75, 3.05) is 0 Å². The van der Waals surface area contributed by atoms with E-state index in [9.17, 15) is 14.2 Å². The van der Waals surface area contributed by atoms with E-state index in [0.29, 0.717) is 5.69 Å². The Labute approximate surface area is 105 Å². The maximum Gasteiger partial charge on any atom is 0.339 e. The van der Waals surface area contributed by atoms with Gasteiger partial charge in [0.25, 0.3) is 5.91 Å². The first-order chi connectivity index (χ1) is 7.27. The van der Waals surface area contributed by atoms with Gasteiger partial charge in [0.15, 0.2) is 0 Å². The molecule has 0 radical (unpaired) electrons. The van der Waals surface area contributed by atoms with E-state index >= 15 is 0 Å². The maximum atomic E-state index is 11.0. The highest BCUT2D eigenvalue weighted by Crippen LogP contribution is 2.61. The molecule has 2 heterocycles. The normalized spacial score (nSPS) is 14.7. The van der Waals surface area contributed by atoms with Crippen molar-refractivity contribution in [3.63, 3.8) is 0 Å². The van der Waals surface area contributed by atoms with Crippen LogP contribution in [0, 0.1) is 0 Å². The van der Waals surface area contributed by atoms with Crippen molar-refractivity contribution in [3.05, 3.63) is 18.0 Å². The number of rotatable bonds is 0. The lowest BCUT2D eigenvalue weighted by Crippen LogP contribution is -2.40. The number of hydrogen-bond acceptors (Lipinski definition) is 4. The number of nitrogens with one attached hydrogen (secondary N) is 1. The lowest BCUT2D eigenvalue weighted by molar-refractivity contribution is -0.121. The van der Waals surface area contributed by atoms with Crippen LogP contribution < -0.4 is 5.32 Å². The van der Waals surface area contributed by atoms with E-state index in [4.69, 9.17) is 0 Å². The first kappa shape index (κ1) is 13.5. The molecule has 16 heavy (non-hydrogen) atoms. The Morgan fingerprint density at radius 1 is 1.38 bits per heavy atom. The van der Waals surface area contributed by atoms with Crippen LogP contribution in [-0.2, 0) is 15.9 Å². The highest BCUT2D eigenvalue weighted by atomic mass is 36.0. The fraction of sp³-hybridized carbons (Fsp3) is 0.167. The van der Waals surface area contributed by atoms with Gasteiger partial charge in [0.2, 0.25) is 5.91 Å². The molecule has 0 spiro atoms. The Morgan fingerprint density at radius 3 is 2.50 bits per heavy atom. The van der Waals surface area contributed by atoms with Gasteiger partial charge in [0.05, 0.1) is 0 Å². The Hall–Kier alpha value is -0.550. The van der Waals surface area contributed by atoms with Crippen molar-refractivity contribution in [2.45, 2.75) is 6.54 Å². The molecule has 0 aromatic carbocycles. The predicted molar refractivity (Wildman–Crippen MR) is 59.9 cm³/mol. The minimum Gasteiger partial charge on any atom is -0.289 e. The Bertz CT molecular complexity index is 460. The van der Waals surface area contributed by atoms with Crippen molar-refractivity contribution in [1.29, 1.82) is 0 Å². The molecule has 0 aliphatic carbocycles. The van der Waals surface area contributed by atoms with Gasteiger partial charge in [-0.2, -0.15) is 5.10 Å². The van der Waals surface area contributed by atoms with Crippen molar-refractivity contribution in [2.24, 2.45) is 0 Å². The number of nitrogens with zero attached hydrogens (tertiary/aromatic N) is 2. The molecule has 1 aromatic rings. The smallest absolute Gasteiger partial charge is 0.289 e. The van der Waals surface area contributed by atoms with E-state index in [-0.39, 0.29) is 18.4 Å². The van der Waals surface area contributed by atoms with Crippen LogP contribution in [0.2, 0.25) is 0 Å². The standard InChI is InChI=1S/C6H5N3O2.Cl3OP/c10-5-3-9-4(1-2-7-9)6(11)8-5;1-5(2,3)4/h1-2H,3H2,(H,8,10,11);. The van der Waals surface area contributed by atoms with Crippen molar-refractivity contribution < 1.29 is 14.2 Å². The van der Waals surface area contributed by atoms with Crippen LogP contribution in [0.1, 0.15) is 10.5 Å². The maximum absolute atomic E-state index is 11.0. The molecule has 0 saturated carbocycles. The molecule has 88 valence electrons. The van der Waals surface area contributed by atoms with E-state index in [1.165, 1.54) is 10.9 Å². The molecule has 2 rings (SSSR count). The van der Waals surface area contributed by atoms with Gasteiger partial charge in [-0.25, -0.2) is 0 Å². The van der Waals surface area contributed by atoms with Crippen LogP contribution in [0.4, 0.5) is 0 Å². The van der Waals surface area contributed by atoms with Gasteiger partial charge in [-0.05, 0) is 39.8 Å². The van der Waals surface area contributed by atoms with Gasteiger partial charge in [-0.1, -0.05) is 0 Å². The molecular formula is C6H5Cl3N3O3P. The quantitative estimate of drug-likeness (QED) is 0.587. The van der Waals surface area contributed by atoms with Gasteiger partial charge in [0.1, 0.15) is 12.2 Å². The zero-order valence-electron chi connectivity index (χ0n) is 7.56. The predicted octanol–water partition coefficient (Wildman–Crippen LogP) is 1.96. The third kappa shape index (κ3) is 4.53. The Balaban J connectivity index is 0.000000221. The molecule has 1 aliphatic rings. The molecule has 0 fully saturated rings. The van der Waals surface area contributed by atoms with E-state index in [1.54, 1.807) is 6.07 Å². The van der Waals surface area contributed by atoms with Crippen LogP contribution in [-0.4, -0.2) is 21.6 Å². The Kier molecular flexibility index (Phi) is 4.38. The first-order valence-electron chi connectivity index (χ1n) is 3.82. The number of aromatic nitrogens is 2. The highest BCUT2D eigenvalue weighted by molar-refractivity contribution is 8.24. The number of hydrogen-bond donors (Lipinski definition) is 1. The van der Waals surface area contributed by atoms with E-state index < -0.39 is 5.20 Å². The molecule has 6 nitrogen and oxygen atoms in total. The van der Waals surface area contributed by atoms with E-state index in [2.05, 4.69) is 44.1 Å². The van der Waals surface area contributed by atoms with Gasteiger partial charge in [-0.3, -0.25) is 24.2 Å². The number of carbonyl (C=O) groups is 2. The zero-order valence-corrected chi connectivity index (χ0v) is 10.7. The highest BCUT2D eigenvalue weighted by Gasteiger charge is 2.21. The molecule has 2 amide bonds. The van der Waals surface area contributed by atoms with Gasteiger partial charge in [0, 0.05) is 6.20 Å². The largest absolute Gasteiger partial charge is 0.339 e. The van der Waals surface area contributed by atoms with Crippen LogP contribution in [0.3, 0.4) is 0 Å². The summed E-state index contributed by atoms with van der Waals surface area (Å²) in [5, 5.41) is 2.75. The molecule has 0 atom stereocenters. The fourth-order valence-electron chi connectivity index (χ4n) is 1.02. The van der Waals surface area contributed by atoms with E-state index in [1.807, 2.05) is 0 Å². The van der Waals surface area contributed by atoms with Crippen LogP contribution in [0.5, 0.6) is 0 Å². The molecular weight excluding hydrogens is 299 g/mol. The summed E-state index contributed by atoms with van der Waals surface area (Å²) in [6.07, 6.45) is 1.49. The summed E-state index contributed by atoms with van der Waals surface area (Å²) >= 11 is 13.8. The summed E-state index contributed by atoms with van der Waals surface area (Å²) in [6, 6.07) is 1.57. The second-order valence-electron chi connectivity index (χ2n) is 2.65. The average molecular weight is 304 g/mol. The number of amides is 2. The summed E-state index contributed by atoms with van der Waals surface area (Å²) < 4.78 is 10.9. The molecule has 0 unspecified atom stereocenters. The van der Waals surface area contributed by atoms with Crippen LogP contribution >= 0.6 is 38.9 Å². The minimum absolute atomic E-state index is 0.133. The SMILES string of the molecule is O=C1Cn2nccc2C(=O)N1.O=P(Cl)(Cl)Cl. The minimum atomic E-state index is -3.22. The molecule has 1 N–H and O–H groups in total. The van der Waals surface area contributed by atoms with Crippen molar-refractivity contribution >= 4 is 50.7 Å². The number of fused-ring (bicyclic) bond motifs is 1. The third-order valence-corrected chi connectivity index (χ3v) is 1.50. The topological polar surface area (TPSA) is 81.1 Å². The van der Waals surface area contributed by atoms with Crippen molar-refractivity contribution in [3.8, 4) is 0 Å². The third-order valence-electron chi connectivity index (χ3n) is 1.50. The molecule has 10 heteroatoms. The van der Waals surface area contributed by atoms with E-state index in [0.717, 1.165) is 0 Å². The van der Waals surface area contributed by atoms with Crippen LogP contribution in [0.25, 0.3) is 0 Å². The fourth-order valence-corrected chi connectivity index (χ4v) is 1.02.